The molecular formula is C16H17BrFNO2. The van der Waals surface area contributed by atoms with Gasteiger partial charge in [-0.3, -0.25) is 0 Å². The first-order chi connectivity index (χ1) is 9.99. The number of hydrogen-bond donors (Lipinski definition) is 1. The van der Waals surface area contributed by atoms with Gasteiger partial charge in [0.1, 0.15) is 5.82 Å². The van der Waals surface area contributed by atoms with Gasteiger partial charge in [0.15, 0.2) is 11.5 Å². The highest BCUT2D eigenvalue weighted by Gasteiger charge is 2.19. The molecule has 0 amide bonds. The number of aryl methyl sites for hydroxylation is 1. The zero-order chi connectivity index (χ0) is 15.6. The van der Waals surface area contributed by atoms with Crippen molar-refractivity contribution in [3.05, 3.63) is 57.3 Å². The van der Waals surface area contributed by atoms with Crippen LogP contribution in [-0.2, 0) is 0 Å². The molecule has 2 N–H and O–H groups in total. The van der Waals surface area contributed by atoms with Crippen molar-refractivity contribution in [1.29, 1.82) is 0 Å². The van der Waals surface area contributed by atoms with Crippen molar-refractivity contribution >= 4 is 15.9 Å². The highest BCUT2D eigenvalue weighted by atomic mass is 79.9. The molecule has 21 heavy (non-hydrogen) atoms. The summed E-state index contributed by atoms with van der Waals surface area (Å²) in [6.45, 7) is 1.91. The minimum Gasteiger partial charge on any atom is -0.493 e. The Labute approximate surface area is 132 Å². The van der Waals surface area contributed by atoms with E-state index in [9.17, 15) is 4.39 Å². The van der Waals surface area contributed by atoms with Crippen molar-refractivity contribution in [2.75, 3.05) is 14.2 Å². The maximum Gasteiger partial charge on any atom is 0.161 e. The maximum atomic E-state index is 14.2. The molecule has 0 saturated carbocycles. The van der Waals surface area contributed by atoms with E-state index < -0.39 is 6.04 Å². The third-order valence-corrected chi connectivity index (χ3v) is 4.04. The number of methoxy groups -OCH3 is 2. The summed E-state index contributed by atoms with van der Waals surface area (Å²) in [5, 5.41) is 0. The van der Waals surface area contributed by atoms with Crippen LogP contribution >= 0.6 is 15.9 Å². The van der Waals surface area contributed by atoms with Crippen molar-refractivity contribution in [2.45, 2.75) is 13.0 Å². The van der Waals surface area contributed by atoms with Crippen molar-refractivity contribution in [3.63, 3.8) is 0 Å². The number of hydrogen-bond acceptors (Lipinski definition) is 3. The van der Waals surface area contributed by atoms with E-state index in [0.717, 1.165) is 11.1 Å². The van der Waals surface area contributed by atoms with Crippen molar-refractivity contribution in [1.82, 2.24) is 0 Å². The van der Waals surface area contributed by atoms with Gasteiger partial charge in [0.2, 0.25) is 0 Å². The highest BCUT2D eigenvalue weighted by Crippen LogP contribution is 2.35. The molecule has 0 heterocycles. The van der Waals surface area contributed by atoms with Gasteiger partial charge in [-0.1, -0.05) is 12.1 Å². The maximum absolute atomic E-state index is 14.2. The van der Waals surface area contributed by atoms with Crippen LogP contribution in [0.2, 0.25) is 0 Å². The molecule has 0 aliphatic carbocycles. The van der Waals surface area contributed by atoms with Crippen LogP contribution in [-0.4, -0.2) is 14.2 Å². The predicted molar refractivity (Wildman–Crippen MR) is 84.4 cm³/mol. The van der Waals surface area contributed by atoms with Crippen molar-refractivity contribution < 1.29 is 13.9 Å². The molecule has 1 atom stereocenters. The largest absolute Gasteiger partial charge is 0.493 e. The predicted octanol–water partition coefficient (Wildman–Crippen LogP) is 3.96. The van der Waals surface area contributed by atoms with Crippen LogP contribution in [0.5, 0.6) is 11.5 Å². The van der Waals surface area contributed by atoms with E-state index in [4.69, 9.17) is 15.2 Å². The SMILES string of the molecule is COc1cc(C)c(C(N)c2cccc(Br)c2F)cc1OC. The van der Waals surface area contributed by atoms with E-state index in [1.807, 2.05) is 13.0 Å². The quantitative estimate of drug-likeness (QED) is 0.904. The van der Waals surface area contributed by atoms with Crippen LogP contribution in [0.1, 0.15) is 22.7 Å². The van der Waals surface area contributed by atoms with Gasteiger partial charge in [-0.05, 0) is 52.2 Å². The molecular weight excluding hydrogens is 337 g/mol. The van der Waals surface area contributed by atoms with Crippen LogP contribution in [0.15, 0.2) is 34.8 Å². The standard InChI is InChI=1S/C16H17BrFNO2/c1-9-7-13(20-2)14(21-3)8-11(9)16(19)10-5-4-6-12(17)15(10)18/h4-8,16H,19H2,1-3H3. The normalized spacial score (nSPS) is 12.1. The van der Waals surface area contributed by atoms with Crippen LogP contribution in [0.4, 0.5) is 4.39 Å². The number of ether oxygens (including phenoxy) is 2. The third kappa shape index (κ3) is 3.04. The molecule has 112 valence electrons. The Hall–Kier alpha value is -1.59. The Morgan fingerprint density at radius 1 is 1.10 bits per heavy atom. The summed E-state index contributed by atoms with van der Waals surface area (Å²) in [6, 6.07) is 8.14. The van der Waals surface area contributed by atoms with E-state index in [-0.39, 0.29) is 5.82 Å². The van der Waals surface area contributed by atoms with E-state index in [1.54, 1.807) is 38.5 Å². The molecule has 2 aromatic rings. The minimum absolute atomic E-state index is 0.348. The lowest BCUT2D eigenvalue weighted by atomic mass is 9.95. The Balaban J connectivity index is 2.53. The fourth-order valence-corrected chi connectivity index (χ4v) is 2.64. The molecule has 0 aliphatic rings. The molecule has 0 radical (unpaired) electrons. The van der Waals surface area contributed by atoms with Gasteiger partial charge in [0.25, 0.3) is 0 Å². The smallest absolute Gasteiger partial charge is 0.161 e. The topological polar surface area (TPSA) is 44.5 Å². The van der Waals surface area contributed by atoms with Gasteiger partial charge in [-0.2, -0.15) is 0 Å². The van der Waals surface area contributed by atoms with Gasteiger partial charge in [-0.25, -0.2) is 4.39 Å². The fraction of sp³-hybridized carbons (Fsp3) is 0.250. The summed E-state index contributed by atoms with van der Waals surface area (Å²) < 4.78 is 25.2. The molecule has 0 bridgehead atoms. The fourth-order valence-electron chi connectivity index (χ4n) is 2.26. The van der Waals surface area contributed by atoms with E-state index in [0.29, 0.717) is 21.5 Å². The highest BCUT2D eigenvalue weighted by molar-refractivity contribution is 9.10. The third-order valence-electron chi connectivity index (χ3n) is 3.42. The van der Waals surface area contributed by atoms with E-state index in [1.165, 1.54) is 0 Å². The summed E-state index contributed by atoms with van der Waals surface area (Å²) in [7, 11) is 3.13. The average Bonchev–Trinajstić information content (AvgIpc) is 2.49. The second-order valence-electron chi connectivity index (χ2n) is 4.68. The minimum atomic E-state index is -0.581. The summed E-state index contributed by atoms with van der Waals surface area (Å²) in [5.41, 5.74) is 8.39. The van der Waals surface area contributed by atoms with Gasteiger partial charge in [-0.15, -0.1) is 0 Å². The van der Waals surface area contributed by atoms with E-state index >= 15 is 0 Å². The Morgan fingerprint density at radius 2 is 1.71 bits per heavy atom. The van der Waals surface area contributed by atoms with Crippen molar-refractivity contribution in [3.8, 4) is 11.5 Å². The number of rotatable bonds is 4. The van der Waals surface area contributed by atoms with Crippen LogP contribution in [0.25, 0.3) is 0 Å². The van der Waals surface area contributed by atoms with Crippen LogP contribution in [0, 0.1) is 12.7 Å². The van der Waals surface area contributed by atoms with Gasteiger partial charge < -0.3 is 15.2 Å². The summed E-state index contributed by atoms with van der Waals surface area (Å²) in [6.07, 6.45) is 0. The summed E-state index contributed by atoms with van der Waals surface area (Å²) in [5.74, 6) is 0.851. The lowest BCUT2D eigenvalue weighted by Gasteiger charge is -2.19. The molecule has 0 aliphatic heterocycles. The van der Waals surface area contributed by atoms with Gasteiger partial charge in [0.05, 0.1) is 24.7 Å². The molecule has 5 heteroatoms. The second kappa shape index (κ2) is 6.45. The molecule has 0 saturated heterocycles. The van der Waals surface area contributed by atoms with Gasteiger partial charge >= 0.3 is 0 Å². The van der Waals surface area contributed by atoms with Gasteiger partial charge in [0, 0.05) is 5.56 Å². The van der Waals surface area contributed by atoms with Crippen molar-refractivity contribution in [2.24, 2.45) is 5.73 Å². The number of benzene rings is 2. The molecule has 2 aromatic carbocycles. The van der Waals surface area contributed by atoms with E-state index in [2.05, 4.69) is 15.9 Å². The Morgan fingerprint density at radius 3 is 2.33 bits per heavy atom. The molecule has 0 fully saturated rings. The second-order valence-corrected chi connectivity index (χ2v) is 5.54. The first kappa shape index (κ1) is 15.8. The summed E-state index contributed by atoms with van der Waals surface area (Å²) in [4.78, 5) is 0. The lowest BCUT2D eigenvalue weighted by Crippen LogP contribution is -2.15. The Bertz CT molecular complexity index is 661. The van der Waals surface area contributed by atoms with Crippen LogP contribution in [0.3, 0.4) is 0 Å². The molecule has 3 nitrogen and oxygen atoms in total. The molecule has 0 spiro atoms. The van der Waals surface area contributed by atoms with Crippen LogP contribution < -0.4 is 15.2 Å². The molecule has 2 rings (SSSR count). The zero-order valence-corrected chi connectivity index (χ0v) is 13.7. The lowest BCUT2D eigenvalue weighted by molar-refractivity contribution is 0.354. The average molecular weight is 354 g/mol. The molecule has 1 unspecified atom stereocenters. The monoisotopic (exact) mass is 353 g/mol. The number of nitrogens with two attached hydrogens (primary N) is 1. The zero-order valence-electron chi connectivity index (χ0n) is 12.1. The Kier molecular flexibility index (Phi) is 4.85. The first-order valence-electron chi connectivity index (χ1n) is 6.41. The molecule has 0 aromatic heterocycles. The number of halogens is 2. The summed E-state index contributed by atoms with van der Waals surface area (Å²) >= 11 is 3.18. The first-order valence-corrected chi connectivity index (χ1v) is 7.21.